The van der Waals surface area contributed by atoms with E-state index < -0.39 is 16.1 Å². The maximum absolute atomic E-state index is 12.3. The Hall–Kier alpha value is -2.42. The molecule has 1 amide bonds. The van der Waals surface area contributed by atoms with Crippen molar-refractivity contribution in [3.63, 3.8) is 0 Å². The number of primary sulfonamides is 1. The van der Waals surface area contributed by atoms with Crippen molar-refractivity contribution in [2.75, 3.05) is 12.4 Å². The largest absolute Gasteiger partial charge is 0.495 e. The molecular weight excluding hydrogens is 342 g/mol. The lowest BCUT2D eigenvalue weighted by Crippen LogP contribution is -2.37. The minimum Gasteiger partial charge on any atom is -0.495 e. The number of carbonyl (C=O) groups excluding carboxylic acids is 1. The zero-order valence-corrected chi connectivity index (χ0v) is 14.8. The average molecular weight is 363 g/mol. The molecule has 2 aromatic carbocycles. The molecule has 1 atom stereocenters. The monoisotopic (exact) mass is 363 g/mol. The predicted molar refractivity (Wildman–Crippen MR) is 95.7 cm³/mol. The molecule has 0 aliphatic rings. The number of nitrogens with one attached hydrogen (secondary N) is 2. The molecule has 2 aromatic rings. The summed E-state index contributed by atoms with van der Waals surface area (Å²) in [6.07, 6.45) is 0. The van der Waals surface area contributed by atoms with Crippen LogP contribution in [0.25, 0.3) is 0 Å². The van der Waals surface area contributed by atoms with E-state index in [0.29, 0.717) is 18.0 Å². The van der Waals surface area contributed by atoms with E-state index in [0.717, 1.165) is 5.56 Å². The van der Waals surface area contributed by atoms with E-state index in [-0.39, 0.29) is 10.8 Å². The number of rotatable bonds is 7. The molecule has 1 unspecified atom stereocenters. The summed E-state index contributed by atoms with van der Waals surface area (Å²) in [5.41, 5.74) is 1.44. The Balaban J connectivity index is 1.93. The first-order valence-electron chi connectivity index (χ1n) is 7.60. The number of carbonyl (C=O) groups is 1. The standard InChI is InChI=1S/C17H21N3O4S/c1-12(17(21)20-15-5-3-4-6-16(15)24-2)19-11-13-7-9-14(10-8-13)25(18,22)23/h3-10,12,19H,11H2,1-2H3,(H,20,21)(H2,18,22,23). The van der Waals surface area contributed by atoms with E-state index in [9.17, 15) is 13.2 Å². The van der Waals surface area contributed by atoms with E-state index >= 15 is 0 Å². The Labute approximate surface area is 147 Å². The Morgan fingerprint density at radius 1 is 1.16 bits per heavy atom. The quantitative estimate of drug-likeness (QED) is 0.690. The Morgan fingerprint density at radius 3 is 2.40 bits per heavy atom. The van der Waals surface area contributed by atoms with Crippen LogP contribution in [-0.4, -0.2) is 27.5 Å². The number of hydrogen-bond donors (Lipinski definition) is 3. The van der Waals surface area contributed by atoms with Gasteiger partial charge in [-0.05, 0) is 36.8 Å². The van der Waals surface area contributed by atoms with Crippen LogP contribution >= 0.6 is 0 Å². The van der Waals surface area contributed by atoms with Gasteiger partial charge >= 0.3 is 0 Å². The van der Waals surface area contributed by atoms with Crippen molar-refractivity contribution in [2.45, 2.75) is 24.4 Å². The van der Waals surface area contributed by atoms with E-state index in [4.69, 9.17) is 9.88 Å². The first-order valence-corrected chi connectivity index (χ1v) is 9.15. The van der Waals surface area contributed by atoms with Gasteiger partial charge in [0.05, 0.1) is 23.7 Å². The zero-order valence-electron chi connectivity index (χ0n) is 14.0. The van der Waals surface area contributed by atoms with Crippen LogP contribution < -0.4 is 20.5 Å². The third kappa shape index (κ3) is 5.28. The van der Waals surface area contributed by atoms with Crippen molar-refractivity contribution in [1.82, 2.24) is 5.32 Å². The van der Waals surface area contributed by atoms with Crippen molar-refractivity contribution in [3.05, 3.63) is 54.1 Å². The minimum atomic E-state index is -3.70. The Kier molecular flexibility index (Phi) is 6.13. The molecule has 4 N–H and O–H groups in total. The molecule has 0 aliphatic carbocycles. The average Bonchev–Trinajstić information content (AvgIpc) is 2.59. The lowest BCUT2D eigenvalue weighted by molar-refractivity contribution is -0.117. The van der Waals surface area contributed by atoms with Crippen LogP contribution in [0.2, 0.25) is 0 Å². The number of para-hydroxylation sites is 2. The molecular formula is C17H21N3O4S. The molecule has 0 radical (unpaired) electrons. The third-order valence-electron chi connectivity index (χ3n) is 3.62. The number of benzene rings is 2. The molecule has 0 fully saturated rings. The first-order chi connectivity index (χ1) is 11.8. The number of ether oxygens (including phenoxy) is 1. The second-order valence-corrected chi connectivity index (χ2v) is 7.04. The smallest absolute Gasteiger partial charge is 0.241 e. The number of amides is 1. The summed E-state index contributed by atoms with van der Waals surface area (Å²) in [6, 6.07) is 12.9. The van der Waals surface area contributed by atoms with Gasteiger partial charge in [0.15, 0.2) is 0 Å². The lowest BCUT2D eigenvalue weighted by Gasteiger charge is -2.15. The molecule has 0 spiro atoms. The normalized spacial score (nSPS) is 12.4. The van der Waals surface area contributed by atoms with Crippen LogP contribution in [0.15, 0.2) is 53.4 Å². The Morgan fingerprint density at radius 2 is 1.80 bits per heavy atom. The number of nitrogens with two attached hydrogens (primary N) is 1. The molecule has 0 bridgehead atoms. The lowest BCUT2D eigenvalue weighted by atomic mass is 10.2. The summed E-state index contributed by atoms with van der Waals surface area (Å²) in [4.78, 5) is 12.3. The number of hydrogen-bond acceptors (Lipinski definition) is 5. The van der Waals surface area contributed by atoms with Gasteiger partial charge in [-0.25, -0.2) is 13.6 Å². The molecule has 0 saturated carbocycles. The summed E-state index contributed by atoms with van der Waals surface area (Å²) >= 11 is 0. The molecule has 25 heavy (non-hydrogen) atoms. The van der Waals surface area contributed by atoms with Gasteiger partial charge in [-0.15, -0.1) is 0 Å². The molecule has 2 rings (SSSR count). The first kappa shape index (κ1) is 18.9. The SMILES string of the molecule is COc1ccccc1NC(=O)C(C)NCc1ccc(S(N)(=O)=O)cc1. The van der Waals surface area contributed by atoms with Crippen LogP contribution in [0.3, 0.4) is 0 Å². The van der Waals surface area contributed by atoms with Gasteiger partial charge in [-0.1, -0.05) is 24.3 Å². The van der Waals surface area contributed by atoms with Crippen LogP contribution in [-0.2, 0) is 21.4 Å². The van der Waals surface area contributed by atoms with Crippen molar-refractivity contribution in [1.29, 1.82) is 0 Å². The summed E-state index contributed by atoms with van der Waals surface area (Å²) < 4.78 is 27.6. The maximum atomic E-state index is 12.3. The van der Waals surface area contributed by atoms with Gasteiger partial charge in [-0.2, -0.15) is 0 Å². The third-order valence-corrected chi connectivity index (χ3v) is 4.55. The van der Waals surface area contributed by atoms with Gasteiger partial charge in [0.2, 0.25) is 15.9 Å². The van der Waals surface area contributed by atoms with Gasteiger partial charge in [0.1, 0.15) is 5.75 Å². The van der Waals surface area contributed by atoms with E-state index in [2.05, 4.69) is 10.6 Å². The van der Waals surface area contributed by atoms with Gasteiger partial charge in [-0.3, -0.25) is 4.79 Å². The fourth-order valence-electron chi connectivity index (χ4n) is 2.15. The minimum absolute atomic E-state index is 0.0539. The predicted octanol–water partition coefficient (Wildman–Crippen LogP) is 1.46. The van der Waals surface area contributed by atoms with Crippen molar-refractivity contribution in [2.24, 2.45) is 5.14 Å². The summed E-state index contributed by atoms with van der Waals surface area (Å²) in [6.45, 7) is 2.15. The van der Waals surface area contributed by atoms with Crippen molar-refractivity contribution in [3.8, 4) is 5.75 Å². The summed E-state index contributed by atoms with van der Waals surface area (Å²) in [5, 5.41) is 10.9. The molecule has 8 heteroatoms. The molecule has 0 aliphatic heterocycles. The fraction of sp³-hybridized carbons (Fsp3) is 0.235. The molecule has 7 nitrogen and oxygen atoms in total. The van der Waals surface area contributed by atoms with Crippen LogP contribution in [0.5, 0.6) is 5.75 Å². The second-order valence-electron chi connectivity index (χ2n) is 5.48. The topological polar surface area (TPSA) is 111 Å². The summed E-state index contributed by atoms with van der Waals surface area (Å²) in [5.74, 6) is 0.382. The van der Waals surface area contributed by atoms with Crippen LogP contribution in [0.4, 0.5) is 5.69 Å². The number of methoxy groups -OCH3 is 1. The highest BCUT2D eigenvalue weighted by Gasteiger charge is 2.14. The van der Waals surface area contributed by atoms with Gasteiger partial charge < -0.3 is 15.4 Å². The fourth-order valence-corrected chi connectivity index (χ4v) is 2.66. The maximum Gasteiger partial charge on any atom is 0.241 e. The van der Waals surface area contributed by atoms with Gasteiger partial charge in [0.25, 0.3) is 0 Å². The summed E-state index contributed by atoms with van der Waals surface area (Å²) in [7, 11) is -2.16. The number of anilines is 1. The zero-order chi connectivity index (χ0) is 18.4. The molecule has 0 heterocycles. The molecule has 134 valence electrons. The number of sulfonamides is 1. The second kappa shape index (κ2) is 8.11. The highest BCUT2D eigenvalue weighted by atomic mass is 32.2. The van der Waals surface area contributed by atoms with E-state index in [1.807, 2.05) is 12.1 Å². The molecule has 0 aromatic heterocycles. The molecule has 0 saturated heterocycles. The van der Waals surface area contributed by atoms with Crippen LogP contribution in [0, 0.1) is 0 Å². The highest BCUT2D eigenvalue weighted by Crippen LogP contribution is 2.23. The van der Waals surface area contributed by atoms with E-state index in [1.54, 1.807) is 31.2 Å². The van der Waals surface area contributed by atoms with Crippen LogP contribution in [0.1, 0.15) is 12.5 Å². The Bertz CT molecular complexity index is 835. The van der Waals surface area contributed by atoms with Crippen molar-refractivity contribution >= 4 is 21.6 Å². The van der Waals surface area contributed by atoms with Crippen molar-refractivity contribution < 1.29 is 17.9 Å². The highest BCUT2D eigenvalue weighted by molar-refractivity contribution is 7.89. The van der Waals surface area contributed by atoms with Gasteiger partial charge in [0, 0.05) is 6.54 Å². The van der Waals surface area contributed by atoms with E-state index in [1.165, 1.54) is 19.2 Å².